The highest BCUT2D eigenvalue weighted by molar-refractivity contribution is 7.80. The third-order valence-corrected chi connectivity index (χ3v) is 13.2. The van der Waals surface area contributed by atoms with E-state index >= 15 is 0 Å². The maximum absolute atomic E-state index is 11.9. The number of hydrogen-bond acceptors (Lipinski definition) is 10. The second-order valence-electron chi connectivity index (χ2n) is 13.4. The van der Waals surface area contributed by atoms with Crippen molar-refractivity contribution in [1.82, 2.24) is 19.6 Å². The first-order chi connectivity index (χ1) is 25.0. The van der Waals surface area contributed by atoms with Crippen LogP contribution in [0.3, 0.4) is 0 Å². The highest BCUT2D eigenvalue weighted by Gasteiger charge is 2.24. The van der Waals surface area contributed by atoms with E-state index in [1.807, 2.05) is 30.3 Å². The Hall–Kier alpha value is -3.61. The Balaban J connectivity index is 1.10. The number of rotatable bonds is 12. The molecule has 0 bridgehead atoms. The van der Waals surface area contributed by atoms with Crippen LogP contribution in [0.1, 0.15) is 22.3 Å². The molecule has 1 N–H and O–H groups in total. The van der Waals surface area contributed by atoms with Gasteiger partial charge in [0.2, 0.25) is 0 Å². The molecule has 7 rings (SSSR count). The van der Waals surface area contributed by atoms with Crippen LogP contribution in [0.2, 0.25) is 0 Å². The van der Waals surface area contributed by atoms with Crippen molar-refractivity contribution < 1.29 is 14.6 Å². The van der Waals surface area contributed by atoms with E-state index in [2.05, 4.69) is 80.3 Å². The summed E-state index contributed by atoms with van der Waals surface area (Å²) in [6.07, 6.45) is 0. The number of methoxy groups -OCH3 is 2. The van der Waals surface area contributed by atoms with E-state index in [1.54, 1.807) is 34.9 Å². The molecule has 51 heavy (non-hydrogen) atoms. The number of nitrogens with zero attached hydrogens (tertiary/aromatic N) is 4. The maximum atomic E-state index is 11.9. The Bertz CT molecular complexity index is 1870. The van der Waals surface area contributed by atoms with Crippen molar-refractivity contribution in [2.45, 2.75) is 26.2 Å². The van der Waals surface area contributed by atoms with Crippen LogP contribution in [0.4, 0.5) is 0 Å². The number of hydrogen-bond donors (Lipinski definition) is 1. The molecular weight excluding hydrogens is 693 g/mol. The summed E-state index contributed by atoms with van der Waals surface area (Å²) in [6.45, 7) is 10.8. The SMILES string of the molecule is COc1ccccc1CN1CCN(Cc2cc(-c3ssc(=S)c3-c3ccccc3)cc(CN3CCN(Cc4ccccc4OC)CC3)c2O)CC1. The number of phenolic OH excluding ortho intramolecular Hbond substituents is 1. The first kappa shape index (κ1) is 35.8. The molecule has 0 aliphatic carbocycles. The zero-order valence-electron chi connectivity index (χ0n) is 29.4. The molecule has 0 saturated carbocycles. The third kappa shape index (κ3) is 8.55. The monoisotopic (exact) mass is 738 g/mol. The van der Waals surface area contributed by atoms with Gasteiger partial charge in [0, 0.05) is 106 Å². The van der Waals surface area contributed by atoms with Crippen LogP contribution in [0.15, 0.2) is 91.0 Å². The summed E-state index contributed by atoms with van der Waals surface area (Å²) in [6, 6.07) is 31.5. The highest BCUT2D eigenvalue weighted by atomic mass is 32.9. The van der Waals surface area contributed by atoms with Gasteiger partial charge in [0.05, 0.1) is 19.1 Å². The smallest absolute Gasteiger partial charge is 0.124 e. The first-order valence-electron chi connectivity index (χ1n) is 17.7. The summed E-state index contributed by atoms with van der Waals surface area (Å²) in [5, 5.41) is 11.9. The summed E-state index contributed by atoms with van der Waals surface area (Å²) >= 11 is 5.89. The van der Waals surface area contributed by atoms with Crippen LogP contribution < -0.4 is 9.47 Å². The van der Waals surface area contributed by atoms with Crippen molar-refractivity contribution in [3.05, 3.63) is 117 Å². The van der Waals surface area contributed by atoms with Gasteiger partial charge in [-0.15, -0.1) is 0 Å². The molecule has 266 valence electrons. The maximum Gasteiger partial charge on any atom is 0.124 e. The molecule has 0 atom stereocenters. The fraction of sp³-hybridized carbons (Fsp3) is 0.341. The van der Waals surface area contributed by atoms with Crippen molar-refractivity contribution in [2.75, 3.05) is 66.6 Å². The lowest BCUT2D eigenvalue weighted by Gasteiger charge is -2.36. The molecule has 2 fully saturated rings. The predicted octanol–water partition coefficient (Wildman–Crippen LogP) is 8.23. The van der Waals surface area contributed by atoms with Gasteiger partial charge in [0.25, 0.3) is 0 Å². The van der Waals surface area contributed by atoms with Crippen LogP contribution in [0.25, 0.3) is 21.6 Å². The largest absolute Gasteiger partial charge is 0.507 e. The molecule has 7 nitrogen and oxygen atoms in total. The molecule has 0 amide bonds. The summed E-state index contributed by atoms with van der Waals surface area (Å²) in [4.78, 5) is 11.1. The predicted molar refractivity (Wildman–Crippen MR) is 213 cm³/mol. The van der Waals surface area contributed by atoms with Crippen LogP contribution in [-0.2, 0) is 26.2 Å². The van der Waals surface area contributed by atoms with Gasteiger partial charge in [-0.25, -0.2) is 0 Å². The number of ether oxygens (including phenoxy) is 2. The highest BCUT2D eigenvalue weighted by Crippen LogP contribution is 2.43. The molecule has 5 aromatic rings. The van der Waals surface area contributed by atoms with E-state index in [9.17, 15) is 5.11 Å². The quantitative estimate of drug-likeness (QED) is 0.102. The number of aromatic hydroxyl groups is 1. The van der Waals surface area contributed by atoms with Gasteiger partial charge in [-0.3, -0.25) is 19.6 Å². The molecule has 10 heteroatoms. The Morgan fingerprint density at radius 2 is 0.961 bits per heavy atom. The van der Waals surface area contributed by atoms with Crippen molar-refractivity contribution >= 4 is 32.9 Å². The second kappa shape index (κ2) is 16.8. The van der Waals surface area contributed by atoms with E-state index in [1.165, 1.54) is 16.0 Å². The minimum absolute atomic E-state index is 0.423. The molecule has 1 aromatic heterocycles. The average molecular weight is 739 g/mol. The summed E-state index contributed by atoms with van der Waals surface area (Å²) in [7, 11) is 6.88. The topological polar surface area (TPSA) is 51.7 Å². The second-order valence-corrected chi connectivity index (χ2v) is 16.2. The lowest BCUT2D eigenvalue weighted by Crippen LogP contribution is -2.45. The minimum Gasteiger partial charge on any atom is -0.507 e. The lowest BCUT2D eigenvalue weighted by atomic mass is 9.98. The van der Waals surface area contributed by atoms with E-state index in [-0.39, 0.29) is 0 Å². The zero-order chi connectivity index (χ0) is 35.2. The van der Waals surface area contributed by atoms with E-state index in [0.717, 1.165) is 109 Å². The standard InChI is InChI=1S/C41H46N4O3S3/c1-47-36-14-8-6-12-31(36)26-42-16-20-44(21-17-42)28-34-24-33(40-38(41(49)51-50-40)30-10-4-3-5-11-30)25-35(39(34)46)29-45-22-18-43(19-23-45)27-32-13-7-9-15-37(32)48-2/h3-15,24-25,46H,16-23,26-29H2,1-2H3. The van der Waals surface area contributed by atoms with Crippen molar-refractivity contribution in [1.29, 1.82) is 0 Å². The van der Waals surface area contributed by atoms with Gasteiger partial charge >= 0.3 is 0 Å². The Kier molecular flexibility index (Phi) is 11.8. The van der Waals surface area contributed by atoms with Crippen LogP contribution in [0, 0.1) is 3.82 Å². The number of piperazine rings is 2. The average Bonchev–Trinajstić information content (AvgIpc) is 3.56. The summed E-state index contributed by atoms with van der Waals surface area (Å²) in [5.74, 6) is 2.31. The van der Waals surface area contributed by atoms with Crippen molar-refractivity contribution in [2.24, 2.45) is 0 Å². The van der Waals surface area contributed by atoms with Gasteiger partial charge in [-0.05, 0) is 35.4 Å². The Morgan fingerprint density at radius 1 is 0.549 bits per heavy atom. The van der Waals surface area contributed by atoms with Gasteiger partial charge in [0.1, 0.15) is 21.1 Å². The van der Waals surface area contributed by atoms with Gasteiger partial charge in [0.15, 0.2) is 0 Å². The van der Waals surface area contributed by atoms with Gasteiger partial charge < -0.3 is 14.6 Å². The Morgan fingerprint density at radius 3 is 1.41 bits per heavy atom. The third-order valence-electron chi connectivity index (χ3n) is 10.1. The molecule has 4 aromatic carbocycles. The van der Waals surface area contributed by atoms with Crippen LogP contribution in [-0.4, -0.2) is 91.3 Å². The molecule has 2 aliphatic rings. The summed E-state index contributed by atoms with van der Waals surface area (Å²) in [5.41, 5.74) is 7.81. The molecular formula is C41H46N4O3S3. The van der Waals surface area contributed by atoms with Crippen LogP contribution >= 0.6 is 32.9 Å². The first-order valence-corrected chi connectivity index (χ1v) is 20.2. The lowest BCUT2D eigenvalue weighted by molar-refractivity contribution is 0.118. The van der Waals surface area contributed by atoms with Crippen molar-refractivity contribution in [3.63, 3.8) is 0 Å². The molecule has 0 radical (unpaired) electrons. The molecule has 2 saturated heterocycles. The molecule has 2 aliphatic heterocycles. The fourth-order valence-electron chi connectivity index (χ4n) is 7.28. The van der Waals surface area contributed by atoms with E-state index in [0.29, 0.717) is 18.8 Å². The van der Waals surface area contributed by atoms with Crippen LogP contribution in [0.5, 0.6) is 17.2 Å². The van der Waals surface area contributed by atoms with Gasteiger partial charge in [-0.1, -0.05) is 99.6 Å². The zero-order valence-corrected chi connectivity index (χ0v) is 31.9. The molecule has 3 heterocycles. The summed E-state index contributed by atoms with van der Waals surface area (Å²) < 4.78 is 12.1. The van der Waals surface area contributed by atoms with E-state index < -0.39 is 0 Å². The minimum atomic E-state index is 0.423. The molecule has 0 spiro atoms. The number of para-hydroxylation sites is 2. The Labute approximate surface area is 314 Å². The fourth-order valence-corrected chi connectivity index (χ4v) is 10.2. The van der Waals surface area contributed by atoms with E-state index in [4.69, 9.17) is 21.7 Å². The number of benzene rings is 4. The molecule has 0 unspecified atom stereocenters. The van der Waals surface area contributed by atoms with Crippen molar-refractivity contribution in [3.8, 4) is 38.8 Å². The normalized spacial score (nSPS) is 16.4. The number of phenols is 1. The van der Waals surface area contributed by atoms with Gasteiger partial charge in [-0.2, -0.15) is 0 Å².